The summed E-state index contributed by atoms with van der Waals surface area (Å²) in [5.41, 5.74) is 2.12. The summed E-state index contributed by atoms with van der Waals surface area (Å²) in [6.45, 7) is 0.842. The Balaban J connectivity index is 1.86. The predicted molar refractivity (Wildman–Crippen MR) is 67.2 cm³/mol. The van der Waals surface area contributed by atoms with Crippen LogP contribution in [0.4, 0.5) is 4.39 Å². The van der Waals surface area contributed by atoms with E-state index in [0.29, 0.717) is 5.92 Å². The second-order valence-electron chi connectivity index (χ2n) is 5.42. The van der Waals surface area contributed by atoms with Gasteiger partial charge < -0.3 is 5.32 Å². The van der Waals surface area contributed by atoms with Gasteiger partial charge in [0.05, 0.1) is 0 Å². The number of fused-ring (bicyclic) bond motifs is 1. The molecule has 1 saturated carbocycles. The van der Waals surface area contributed by atoms with Gasteiger partial charge in [0.25, 0.3) is 0 Å². The summed E-state index contributed by atoms with van der Waals surface area (Å²) < 4.78 is 14.0. The maximum Gasteiger partial charge on any atom is 0.128 e. The molecule has 1 aliphatic heterocycles. The Bertz CT molecular complexity index is 394. The van der Waals surface area contributed by atoms with Gasteiger partial charge >= 0.3 is 0 Å². The number of hydrogen-bond acceptors (Lipinski definition) is 1. The van der Waals surface area contributed by atoms with Crippen molar-refractivity contribution in [3.8, 4) is 0 Å². The van der Waals surface area contributed by atoms with E-state index < -0.39 is 0 Å². The third kappa shape index (κ3) is 2.11. The molecule has 2 aliphatic rings. The lowest BCUT2D eigenvalue weighted by Crippen LogP contribution is -2.22. The number of rotatable bonds is 1. The van der Waals surface area contributed by atoms with Crippen LogP contribution in [0.25, 0.3) is 0 Å². The van der Waals surface area contributed by atoms with E-state index in [4.69, 9.17) is 0 Å². The fraction of sp³-hybridized carbons (Fsp3) is 0.600. The van der Waals surface area contributed by atoms with Crippen molar-refractivity contribution in [1.29, 1.82) is 0 Å². The van der Waals surface area contributed by atoms with E-state index in [-0.39, 0.29) is 11.9 Å². The van der Waals surface area contributed by atoms with Crippen LogP contribution < -0.4 is 5.32 Å². The molecule has 3 rings (SSSR count). The number of halogens is 1. The molecule has 92 valence electrons. The van der Waals surface area contributed by atoms with Gasteiger partial charge in [-0.1, -0.05) is 37.8 Å². The first-order valence-electron chi connectivity index (χ1n) is 6.87. The van der Waals surface area contributed by atoms with E-state index >= 15 is 0 Å². The smallest absolute Gasteiger partial charge is 0.128 e. The second-order valence-corrected chi connectivity index (χ2v) is 5.42. The number of nitrogens with one attached hydrogen (secondary N) is 1. The Labute approximate surface area is 102 Å². The van der Waals surface area contributed by atoms with Gasteiger partial charge in [0.1, 0.15) is 5.82 Å². The second kappa shape index (κ2) is 4.77. The fourth-order valence-electron chi connectivity index (χ4n) is 3.45. The van der Waals surface area contributed by atoms with E-state index in [2.05, 4.69) is 11.4 Å². The van der Waals surface area contributed by atoms with Crippen molar-refractivity contribution in [1.82, 2.24) is 5.32 Å². The van der Waals surface area contributed by atoms with Crippen molar-refractivity contribution in [2.24, 2.45) is 5.92 Å². The third-order valence-corrected chi connectivity index (χ3v) is 4.34. The first-order valence-corrected chi connectivity index (χ1v) is 6.87. The summed E-state index contributed by atoms with van der Waals surface area (Å²) in [4.78, 5) is 0. The van der Waals surface area contributed by atoms with Crippen LogP contribution in [0.1, 0.15) is 55.7 Å². The predicted octanol–water partition coefficient (Wildman–Crippen LogP) is 3.94. The highest BCUT2D eigenvalue weighted by molar-refractivity contribution is 5.35. The Kier molecular flexibility index (Phi) is 3.15. The quantitative estimate of drug-likeness (QED) is 0.724. The van der Waals surface area contributed by atoms with Gasteiger partial charge in [-0.3, -0.25) is 0 Å². The average molecular weight is 233 g/mol. The van der Waals surface area contributed by atoms with E-state index in [1.165, 1.54) is 44.1 Å². The molecule has 1 aliphatic carbocycles. The van der Waals surface area contributed by atoms with E-state index in [1.807, 2.05) is 6.07 Å². The molecule has 0 aromatic heterocycles. The van der Waals surface area contributed by atoms with E-state index in [1.54, 1.807) is 6.07 Å². The fourth-order valence-corrected chi connectivity index (χ4v) is 3.45. The molecule has 1 nitrogen and oxygen atoms in total. The molecule has 0 saturated heterocycles. The molecular formula is C15H20FN. The molecule has 1 heterocycles. The number of hydrogen-bond donors (Lipinski definition) is 1. The van der Waals surface area contributed by atoms with Crippen molar-refractivity contribution in [2.75, 3.05) is 0 Å². The van der Waals surface area contributed by atoms with Gasteiger partial charge in [-0.2, -0.15) is 0 Å². The molecule has 1 fully saturated rings. The minimum atomic E-state index is -0.0123. The summed E-state index contributed by atoms with van der Waals surface area (Å²) in [6, 6.07) is 5.76. The Morgan fingerprint density at radius 1 is 1.06 bits per heavy atom. The number of benzene rings is 1. The van der Waals surface area contributed by atoms with Crippen molar-refractivity contribution >= 4 is 0 Å². The summed E-state index contributed by atoms with van der Waals surface area (Å²) in [6.07, 6.45) is 7.84. The summed E-state index contributed by atoms with van der Waals surface area (Å²) in [5.74, 6) is 0.623. The van der Waals surface area contributed by atoms with Gasteiger partial charge in [0.15, 0.2) is 0 Å². The molecule has 1 N–H and O–H groups in total. The lowest BCUT2D eigenvalue weighted by molar-refractivity contribution is 0.336. The Morgan fingerprint density at radius 2 is 1.82 bits per heavy atom. The zero-order chi connectivity index (χ0) is 11.7. The normalized spacial score (nSPS) is 25.6. The maximum absolute atomic E-state index is 14.0. The van der Waals surface area contributed by atoms with Crippen molar-refractivity contribution in [3.63, 3.8) is 0 Å². The van der Waals surface area contributed by atoms with E-state index in [9.17, 15) is 4.39 Å². The molecule has 1 aromatic carbocycles. The van der Waals surface area contributed by atoms with Gasteiger partial charge in [0, 0.05) is 18.2 Å². The van der Waals surface area contributed by atoms with Crippen LogP contribution in [0.15, 0.2) is 18.2 Å². The minimum absolute atomic E-state index is 0.0123. The van der Waals surface area contributed by atoms with Crippen molar-refractivity contribution in [2.45, 2.75) is 51.1 Å². The van der Waals surface area contributed by atoms with Gasteiger partial charge in [0.2, 0.25) is 0 Å². The lowest BCUT2D eigenvalue weighted by Gasteiger charge is -2.23. The molecular weight excluding hydrogens is 213 g/mol. The minimum Gasteiger partial charge on any atom is -0.305 e. The zero-order valence-corrected chi connectivity index (χ0v) is 10.2. The van der Waals surface area contributed by atoms with Crippen LogP contribution in [-0.2, 0) is 6.54 Å². The first-order chi connectivity index (χ1) is 8.36. The molecule has 0 spiro atoms. The molecule has 2 heteroatoms. The SMILES string of the molecule is Fc1cccc2c1C(C1CCCCCC1)NC2. The Hall–Kier alpha value is -0.890. The summed E-state index contributed by atoms with van der Waals surface area (Å²) in [7, 11) is 0. The van der Waals surface area contributed by atoms with Crippen molar-refractivity contribution < 1.29 is 4.39 Å². The maximum atomic E-state index is 14.0. The molecule has 1 aromatic rings. The standard InChI is InChI=1S/C15H20FN/c16-13-9-5-8-12-10-17-15(14(12)13)11-6-3-1-2-4-7-11/h5,8-9,11,15,17H,1-4,6-7,10H2. The average Bonchev–Trinajstić information content (AvgIpc) is 2.59. The highest BCUT2D eigenvalue weighted by Crippen LogP contribution is 2.39. The van der Waals surface area contributed by atoms with Crippen LogP contribution >= 0.6 is 0 Å². The molecule has 1 atom stereocenters. The highest BCUT2D eigenvalue weighted by atomic mass is 19.1. The van der Waals surface area contributed by atoms with Crippen LogP contribution in [-0.4, -0.2) is 0 Å². The molecule has 1 unspecified atom stereocenters. The highest BCUT2D eigenvalue weighted by Gasteiger charge is 2.31. The molecule has 0 amide bonds. The first kappa shape index (κ1) is 11.2. The third-order valence-electron chi connectivity index (χ3n) is 4.34. The van der Waals surface area contributed by atoms with Gasteiger partial charge in [-0.15, -0.1) is 0 Å². The summed E-state index contributed by atoms with van der Waals surface area (Å²) in [5, 5.41) is 3.52. The summed E-state index contributed by atoms with van der Waals surface area (Å²) >= 11 is 0. The molecule has 17 heavy (non-hydrogen) atoms. The molecule has 0 radical (unpaired) electrons. The van der Waals surface area contributed by atoms with Crippen LogP contribution in [0.2, 0.25) is 0 Å². The van der Waals surface area contributed by atoms with E-state index in [0.717, 1.165) is 12.1 Å². The van der Waals surface area contributed by atoms with Crippen LogP contribution in [0.5, 0.6) is 0 Å². The van der Waals surface area contributed by atoms with Gasteiger partial charge in [-0.05, 0) is 30.4 Å². The Morgan fingerprint density at radius 3 is 2.59 bits per heavy atom. The topological polar surface area (TPSA) is 12.0 Å². The molecule has 0 bridgehead atoms. The van der Waals surface area contributed by atoms with Crippen molar-refractivity contribution in [3.05, 3.63) is 35.1 Å². The van der Waals surface area contributed by atoms with Gasteiger partial charge in [-0.25, -0.2) is 4.39 Å². The monoisotopic (exact) mass is 233 g/mol. The van der Waals surface area contributed by atoms with Crippen LogP contribution in [0.3, 0.4) is 0 Å². The zero-order valence-electron chi connectivity index (χ0n) is 10.2. The largest absolute Gasteiger partial charge is 0.305 e. The lowest BCUT2D eigenvalue weighted by atomic mass is 9.87. The van der Waals surface area contributed by atoms with Crippen LogP contribution in [0, 0.1) is 11.7 Å².